The Balaban J connectivity index is 1.87. The van der Waals surface area contributed by atoms with Crippen molar-refractivity contribution in [3.8, 4) is 0 Å². The van der Waals surface area contributed by atoms with E-state index in [4.69, 9.17) is 5.11 Å². The Bertz CT molecular complexity index is 572. The lowest BCUT2D eigenvalue weighted by atomic mass is 9.98. The van der Waals surface area contributed by atoms with Crippen molar-refractivity contribution in [2.75, 3.05) is 18.0 Å². The van der Waals surface area contributed by atoms with E-state index in [2.05, 4.69) is 6.92 Å². The molecule has 2 heterocycles. The van der Waals surface area contributed by atoms with Gasteiger partial charge in [-0.05, 0) is 31.4 Å². The largest absolute Gasteiger partial charge is 0.481 e. The number of urea groups is 1. The van der Waals surface area contributed by atoms with Crippen LogP contribution in [0.1, 0.15) is 37.7 Å². The first-order chi connectivity index (χ1) is 10.1. The summed E-state index contributed by atoms with van der Waals surface area (Å²) < 4.78 is 0. The van der Waals surface area contributed by atoms with Gasteiger partial charge in [0, 0.05) is 30.7 Å². The number of rotatable bonds is 2. The van der Waals surface area contributed by atoms with Gasteiger partial charge < -0.3 is 10.0 Å². The quantitative estimate of drug-likeness (QED) is 0.910. The van der Waals surface area contributed by atoms with E-state index >= 15 is 0 Å². The number of amides is 2. The minimum absolute atomic E-state index is 0.0142. The van der Waals surface area contributed by atoms with Gasteiger partial charge >= 0.3 is 12.0 Å². The summed E-state index contributed by atoms with van der Waals surface area (Å²) in [5.74, 6) is -0.931. The highest BCUT2D eigenvalue weighted by Crippen LogP contribution is 2.39. The molecule has 2 amide bonds. The van der Waals surface area contributed by atoms with Crippen molar-refractivity contribution in [2.45, 2.75) is 38.1 Å². The number of para-hydroxylation sites is 1. The van der Waals surface area contributed by atoms with E-state index in [1.165, 1.54) is 0 Å². The molecule has 1 aromatic rings. The molecule has 1 N–H and O–H groups in total. The van der Waals surface area contributed by atoms with E-state index in [9.17, 15) is 9.59 Å². The number of carboxylic acid groups (broad SMARTS) is 1. The minimum Gasteiger partial charge on any atom is -0.481 e. The molecule has 1 aromatic carbocycles. The van der Waals surface area contributed by atoms with E-state index < -0.39 is 5.97 Å². The monoisotopic (exact) mass is 288 g/mol. The number of carbonyl (C=O) groups excluding carboxylic acids is 1. The highest BCUT2D eigenvalue weighted by molar-refractivity contribution is 5.95. The molecule has 112 valence electrons. The van der Waals surface area contributed by atoms with Crippen molar-refractivity contribution in [1.82, 2.24) is 4.90 Å². The molecule has 0 aromatic heterocycles. The highest BCUT2D eigenvalue weighted by Gasteiger charge is 2.37. The van der Waals surface area contributed by atoms with Crippen molar-refractivity contribution in [3.05, 3.63) is 29.8 Å². The fourth-order valence-electron chi connectivity index (χ4n) is 3.43. The number of hydrogen-bond acceptors (Lipinski definition) is 2. The lowest BCUT2D eigenvalue weighted by Crippen LogP contribution is -2.44. The van der Waals surface area contributed by atoms with E-state index in [0.717, 1.165) is 30.6 Å². The predicted molar refractivity (Wildman–Crippen MR) is 79.6 cm³/mol. The lowest BCUT2D eigenvalue weighted by Gasteiger charge is -2.28. The van der Waals surface area contributed by atoms with Gasteiger partial charge in [-0.1, -0.05) is 18.2 Å². The van der Waals surface area contributed by atoms with Crippen LogP contribution in [-0.2, 0) is 4.79 Å². The molecule has 2 unspecified atom stereocenters. The van der Waals surface area contributed by atoms with E-state index in [1.54, 1.807) is 4.90 Å². The third-order valence-corrected chi connectivity index (χ3v) is 4.52. The Labute approximate surface area is 124 Å². The first-order valence-electron chi connectivity index (χ1n) is 7.47. The van der Waals surface area contributed by atoms with Crippen LogP contribution < -0.4 is 4.90 Å². The van der Waals surface area contributed by atoms with Gasteiger partial charge in [0.1, 0.15) is 0 Å². The average Bonchev–Trinajstić information content (AvgIpc) is 3.02. The zero-order valence-corrected chi connectivity index (χ0v) is 12.2. The van der Waals surface area contributed by atoms with E-state index in [-0.39, 0.29) is 24.4 Å². The molecular formula is C16H20N2O3. The summed E-state index contributed by atoms with van der Waals surface area (Å²) in [6.07, 6.45) is 2.15. The van der Waals surface area contributed by atoms with Crippen molar-refractivity contribution >= 4 is 17.7 Å². The van der Waals surface area contributed by atoms with E-state index in [0.29, 0.717) is 6.54 Å². The molecule has 1 fully saturated rings. The summed E-state index contributed by atoms with van der Waals surface area (Å²) in [6, 6.07) is 7.93. The molecule has 2 aliphatic rings. The third kappa shape index (κ3) is 2.48. The molecule has 5 nitrogen and oxygen atoms in total. The standard InChI is InChI=1S/C16H20N2O3/c1-11-5-4-8-17(11)16(21)18-10-12(9-15(19)20)13-6-2-3-7-14(13)18/h2-3,6-7,11-12H,4-5,8-10H2,1H3,(H,19,20). The second kappa shape index (κ2) is 5.39. The number of likely N-dealkylation sites (tertiary alicyclic amines) is 1. The summed E-state index contributed by atoms with van der Waals surface area (Å²) >= 11 is 0. The molecule has 3 rings (SSSR count). The Morgan fingerprint density at radius 3 is 2.76 bits per heavy atom. The zero-order chi connectivity index (χ0) is 15.0. The average molecular weight is 288 g/mol. The highest BCUT2D eigenvalue weighted by atomic mass is 16.4. The summed E-state index contributed by atoms with van der Waals surface area (Å²) in [7, 11) is 0. The number of benzene rings is 1. The molecular weight excluding hydrogens is 268 g/mol. The summed E-state index contributed by atoms with van der Waals surface area (Å²) in [5.41, 5.74) is 1.84. The fraction of sp³-hybridized carbons (Fsp3) is 0.500. The Hall–Kier alpha value is -2.04. The van der Waals surface area contributed by atoms with Crippen LogP contribution in [-0.4, -0.2) is 41.1 Å². The van der Waals surface area contributed by atoms with Crippen LogP contribution in [0.25, 0.3) is 0 Å². The Morgan fingerprint density at radius 1 is 1.33 bits per heavy atom. The molecule has 0 aliphatic carbocycles. The number of nitrogens with zero attached hydrogens (tertiary/aromatic N) is 2. The second-order valence-corrected chi connectivity index (χ2v) is 5.93. The number of carbonyl (C=O) groups is 2. The molecule has 1 saturated heterocycles. The normalized spacial score (nSPS) is 24.2. The van der Waals surface area contributed by atoms with Crippen LogP contribution in [0.5, 0.6) is 0 Å². The van der Waals surface area contributed by atoms with Gasteiger partial charge in [0.05, 0.1) is 6.42 Å². The molecule has 21 heavy (non-hydrogen) atoms. The molecule has 2 aliphatic heterocycles. The van der Waals surface area contributed by atoms with Crippen LogP contribution >= 0.6 is 0 Å². The van der Waals surface area contributed by atoms with Gasteiger partial charge in [-0.3, -0.25) is 9.69 Å². The van der Waals surface area contributed by atoms with Crippen molar-refractivity contribution in [2.24, 2.45) is 0 Å². The molecule has 0 bridgehead atoms. The molecule has 0 radical (unpaired) electrons. The molecule has 0 spiro atoms. The van der Waals surface area contributed by atoms with Crippen LogP contribution in [0.2, 0.25) is 0 Å². The maximum Gasteiger partial charge on any atom is 0.324 e. The first kappa shape index (κ1) is 13.9. The third-order valence-electron chi connectivity index (χ3n) is 4.52. The topological polar surface area (TPSA) is 60.9 Å². The number of fused-ring (bicyclic) bond motifs is 1. The number of aliphatic carboxylic acids is 1. The number of hydrogen-bond donors (Lipinski definition) is 1. The molecule has 0 saturated carbocycles. The van der Waals surface area contributed by atoms with Gasteiger partial charge in [-0.25, -0.2) is 4.79 Å². The van der Waals surface area contributed by atoms with Crippen molar-refractivity contribution in [3.63, 3.8) is 0 Å². The zero-order valence-electron chi connectivity index (χ0n) is 12.2. The second-order valence-electron chi connectivity index (χ2n) is 5.93. The van der Waals surface area contributed by atoms with Crippen LogP contribution in [0.15, 0.2) is 24.3 Å². The maximum absolute atomic E-state index is 12.8. The van der Waals surface area contributed by atoms with Crippen molar-refractivity contribution < 1.29 is 14.7 Å². The smallest absolute Gasteiger partial charge is 0.324 e. The van der Waals surface area contributed by atoms with Gasteiger partial charge in [0.25, 0.3) is 0 Å². The maximum atomic E-state index is 12.8. The molecule has 5 heteroatoms. The first-order valence-corrected chi connectivity index (χ1v) is 7.47. The summed E-state index contributed by atoms with van der Waals surface area (Å²) in [4.78, 5) is 27.4. The SMILES string of the molecule is CC1CCCN1C(=O)N1CC(CC(=O)O)c2ccccc21. The summed E-state index contributed by atoms with van der Waals surface area (Å²) in [5, 5.41) is 9.06. The number of anilines is 1. The molecule has 2 atom stereocenters. The van der Waals surface area contributed by atoms with E-state index in [1.807, 2.05) is 29.2 Å². The Morgan fingerprint density at radius 2 is 2.10 bits per heavy atom. The van der Waals surface area contributed by atoms with Crippen molar-refractivity contribution in [1.29, 1.82) is 0 Å². The number of carboxylic acids is 1. The van der Waals surface area contributed by atoms with Gasteiger partial charge in [-0.2, -0.15) is 0 Å². The summed E-state index contributed by atoms with van der Waals surface area (Å²) in [6.45, 7) is 3.33. The Kier molecular flexibility index (Phi) is 3.57. The van der Waals surface area contributed by atoms with Crippen LogP contribution in [0.3, 0.4) is 0 Å². The van der Waals surface area contributed by atoms with Gasteiger partial charge in [0.2, 0.25) is 0 Å². The van der Waals surface area contributed by atoms with Crippen LogP contribution in [0.4, 0.5) is 10.5 Å². The minimum atomic E-state index is -0.821. The van der Waals surface area contributed by atoms with Gasteiger partial charge in [-0.15, -0.1) is 0 Å². The lowest BCUT2D eigenvalue weighted by molar-refractivity contribution is -0.137. The fourth-order valence-corrected chi connectivity index (χ4v) is 3.43. The van der Waals surface area contributed by atoms with Gasteiger partial charge in [0.15, 0.2) is 0 Å². The van der Waals surface area contributed by atoms with Crippen LogP contribution in [0, 0.1) is 0 Å². The predicted octanol–water partition coefficient (Wildman–Crippen LogP) is 2.67.